The number of hydrogen-bond donors (Lipinski definition) is 2. The minimum absolute atomic E-state index is 0.0777. The van der Waals surface area contributed by atoms with Gasteiger partial charge < -0.3 is 5.32 Å². The summed E-state index contributed by atoms with van der Waals surface area (Å²) in [6.45, 7) is 2.73. The third kappa shape index (κ3) is 3.14. The number of rotatable bonds is 5. The molecule has 1 aliphatic rings. The van der Waals surface area contributed by atoms with Crippen LogP contribution in [0.2, 0.25) is 0 Å². The summed E-state index contributed by atoms with van der Waals surface area (Å²) >= 11 is 1.36. The molecule has 2 aromatic heterocycles. The van der Waals surface area contributed by atoms with Crippen molar-refractivity contribution in [2.45, 2.75) is 19.8 Å². The summed E-state index contributed by atoms with van der Waals surface area (Å²) in [6, 6.07) is 0. The number of carbonyl (C=O) groups excluding carboxylic acids is 2. The summed E-state index contributed by atoms with van der Waals surface area (Å²) in [5, 5.41) is 18.7. The van der Waals surface area contributed by atoms with Crippen LogP contribution in [-0.2, 0) is 16.0 Å². The Kier molecular flexibility index (Phi) is 4.14. The second-order valence-corrected chi connectivity index (χ2v) is 6.32. The van der Waals surface area contributed by atoms with Crippen LogP contribution in [0.1, 0.15) is 17.0 Å². The molecule has 2 N–H and O–H groups in total. The van der Waals surface area contributed by atoms with E-state index in [4.69, 9.17) is 0 Å². The first-order chi connectivity index (χ1) is 10.6. The summed E-state index contributed by atoms with van der Waals surface area (Å²) in [7, 11) is 0. The van der Waals surface area contributed by atoms with Crippen molar-refractivity contribution in [3.63, 3.8) is 0 Å². The molecular formula is C13H16N6O2S. The second-order valence-electron chi connectivity index (χ2n) is 5.16. The molecule has 3 heterocycles. The topological polar surface area (TPSA) is 104 Å². The molecule has 2 amide bonds. The number of aromatic amines is 1. The van der Waals surface area contributed by atoms with Crippen molar-refractivity contribution in [2.24, 2.45) is 5.92 Å². The van der Waals surface area contributed by atoms with E-state index in [9.17, 15) is 9.59 Å². The molecule has 8 nitrogen and oxygen atoms in total. The molecule has 1 unspecified atom stereocenters. The van der Waals surface area contributed by atoms with E-state index < -0.39 is 0 Å². The number of hydrogen-bond acceptors (Lipinski definition) is 6. The normalized spacial score (nSPS) is 18.0. The molecule has 1 atom stereocenters. The van der Waals surface area contributed by atoms with Crippen molar-refractivity contribution in [3.8, 4) is 0 Å². The largest absolute Gasteiger partial charge is 0.355 e. The molecule has 0 bridgehead atoms. The summed E-state index contributed by atoms with van der Waals surface area (Å²) in [4.78, 5) is 25.7. The molecule has 0 radical (unpaired) electrons. The van der Waals surface area contributed by atoms with Crippen LogP contribution < -0.4 is 10.2 Å². The van der Waals surface area contributed by atoms with E-state index in [0.717, 1.165) is 10.6 Å². The fourth-order valence-electron chi connectivity index (χ4n) is 2.35. The van der Waals surface area contributed by atoms with Gasteiger partial charge in [-0.2, -0.15) is 5.10 Å². The van der Waals surface area contributed by atoms with Gasteiger partial charge in [-0.05, 0) is 18.9 Å². The number of anilines is 1. The zero-order valence-corrected chi connectivity index (χ0v) is 12.9. The molecule has 1 fully saturated rings. The number of amides is 2. The SMILES string of the molecule is Cc1nnc(N2CC(C(=O)NCCc3cn[nH]c3)CC2=O)s1. The van der Waals surface area contributed by atoms with Gasteiger partial charge in [0.2, 0.25) is 16.9 Å². The van der Waals surface area contributed by atoms with Gasteiger partial charge in [0.05, 0.1) is 12.1 Å². The minimum Gasteiger partial charge on any atom is -0.355 e. The van der Waals surface area contributed by atoms with Crippen LogP contribution >= 0.6 is 11.3 Å². The third-order valence-corrected chi connectivity index (χ3v) is 4.37. The van der Waals surface area contributed by atoms with Crippen LogP contribution in [-0.4, -0.2) is 45.3 Å². The lowest BCUT2D eigenvalue weighted by Gasteiger charge is -2.12. The molecule has 9 heteroatoms. The monoisotopic (exact) mass is 320 g/mol. The first-order valence-corrected chi connectivity index (χ1v) is 7.81. The van der Waals surface area contributed by atoms with Crippen molar-refractivity contribution in [1.29, 1.82) is 0 Å². The average Bonchev–Trinajstić information content (AvgIpc) is 3.20. The van der Waals surface area contributed by atoms with Gasteiger partial charge >= 0.3 is 0 Å². The Labute approximate surface area is 130 Å². The Hall–Kier alpha value is -2.29. The van der Waals surface area contributed by atoms with E-state index in [2.05, 4.69) is 25.7 Å². The highest BCUT2D eigenvalue weighted by molar-refractivity contribution is 7.15. The number of nitrogens with zero attached hydrogens (tertiary/aromatic N) is 4. The molecule has 3 rings (SSSR count). The number of aryl methyl sites for hydroxylation is 1. The van der Waals surface area contributed by atoms with Gasteiger partial charge in [0.25, 0.3) is 0 Å². The Morgan fingerprint density at radius 2 is 2.41 bits per heavy atom. The summed E-state index contributed by atoms with van der Waals surface area (Å²) in [5.74, 6) is -0.507. The lowest BCUT2D eigenvalue weighted by atomic mass is 10.1. The van der Waals surface area contributed by atoms with Crippen molar-refractivity contribution in [1.82, 2.24) is 25.7 Å². The molecule has 0 aliphatic carbocycles. The van der Waals surface area contributed by atoms with E-state index in [0.29, 0.717) is 24.6 Å². The van der Waals surface area contributed by atoms with Crippen molar-refractivity contribution < 1.29 is 9.59 Å². The van der Waals surface area contributed by atoms with Crippen LogP contribution in [0.5, 0.6) is 0 Å². The van der Waals surface area contributed by atoms with Crippen LogP contribution in [0.25, 0.3) is 0 Å². The quantitative estimate of drug-likeness (QED) is 0.823. The highest BCUT2D eigenvalue weighted by atomic mass is 32.1. The standard InChI is InChI=1S/C13H16N6O2S/c1-8-17-18-13(22-8)19-7-10(4-11(19)20)12(21)14-3-2-9-5-15-16-6-9/h5-6,10H,2-4,7H2,1H3,(H,14,21)(H,15,16). The smallest absolute Gasteiger partial charge is 0.229 e. The Bertz CT molecular complexity index is 668. The fraction of sp³-hybridized carbons (Fsp3) is 0.462. The lowest BCUT2D eigenvalue weighted by molar-refractivity contribution is -0.126. The van der Waals surface area contributed by atoms with Crippen molar-refractivity contribution in [3.05, 3.63) is 23.0 Å². The van der Waals surface area contributed by atoms with E-state index in [1.165, 1.54) is 11.3 Å². The predicted molar refractivity (Wildman–Crippen MR) is 80.4 cm³/mol. The van der Waals surface area contributed by atoms with Crippen molar-refractivity contribution >= 4 is 28.3 Å². The van der Waals surface area contributed by atoms with Crippen LogP contribution in [0.15, 0.2) is 12.4 Å². The second kappa shape index (κ2) is 6.22. The first kappa shape index (κ1) is 14.6. The maximum absolute atomic E-state index is 12.2. The number of H-pyrrole nitrogens is 1. The van der Waals surface area contributed by atoms with Gasteiger partial charge in [-0.1, -0.05) is 11.3 Å². The van der Waals surface area contributed by atoms with Crippen LogP contribution in [0, 0.1) is 12.8 Å². The molecule has 1 aliphatic heterocycles. The molecule has 0 aromatic carbocycles. The van der Waals surface area contributed by atoms with Crippen LogP contribution in [0.4, 0.5) is 5.13 Å². The number of carbonyl (C=O) groups is 2. The van der Waals surface area contributed by atoms with Crippen LogP contribution in [0.3, 0.4) is 0 Å². The van der Waals surface area contributed by atoms with Gasteiger partial charge in [-0.3, -0.25) is 19.6 Å². The Morgan fingerprint density at radius 1 is 1.55 bits per heavy atom. The summed E-state index contributed by atoms with van der Waals surface area (Å²) < 4.78 is 0. The molecule has 2 aromatic rings. The zero-order valence-electron chi connectivity index (χ0n) is 12.1. The number of nitrogens with one attached hydrogen (secondary N) is 2. The van der Waals surface area contributed by atoms with Gasteiger partial charge in [0, 0.05) is 25.7 Å². The lowest BCUT2D eigenvalue weighted by Crippen LogP contribution is -2.34. The van der Waals surface area contributed by atoms with Crippen molar-refractivity contribution in [2.75, 3.05) is 18.0 Å². The maximum Gasteiger partial charge on any atom is 0.229 e. The van der Waals surface area contributed by atoms with E-state index in [1.54, 1.807) is 17.3 Å². The average molecular weight is 320 g/mol. The van der Waals surface area contributed by atoms with E-state index in [-0.39, 0.29) is 24.2 Å². The third-order valence-electron chi connectivity index (χ3n) is 3.51. The zero-order chi connectivity index (χ0) is 15.5. The summed E-state index contributed by atoms with van der Waals surface area (Å²) in [5.41, 5.74) is 1.04. The molecule has 22 heavy (non-hydrogen) atoms. The van der Waals surface area contributed by atoms with Gasteiger partial charge in [0.15, 0.2) is 0 Å². The Balaban J connectivity index is 1.52. The highest BCUT2D eigenvalue weighted by Crippen LogP contribution is 2.27. The van der Waals surface area contributed by atoms with Gasteiger partial charge in [0.1, 0.15) is 5.01 Å². The maximum atomic E-state index is 12.2. The fourth-order valence-corrected chi connectivity index (χ4v) is 3.07. The summed E-state index contributed by atoms with van der Waals surface area (Å²) in [6.07, 6.45) is 4.45. The van der Waals surface area contributed by atoms with E-state index in [1.807, 2.05) is 6.92 Å². The Morgan fingerprint density at radius 3 is 3.09 bits per heavy atom. The molecular weight excluding hydrogens is 304 g/mol. The predicted octanol–water partition coefficient (Wildman–Crippen LogP) is 0.281. The van der Waals surface area contributed by atoms with E-state index >= 15 is 0 Å². The first-order valence-electron chi connectivity index (χ1n) is 6.99. The molecule has 0 saturated carbocycles. The molecule has 116 valence electrons. The number of aromatic nitrogens is 4. The molecule has 0 spiro atoms. The van der Waals surface area contributed by atoms with Gasteiger partial charge in [-0.15, -0.1) is 10.2 Å². The molecule has 1 saturated heterocycles. The minimum atomic E-state index is -0.332. The van der Waals surface area contributed by atoms with Gasteiger partial charge in [-0.25, -0.2) is 0 Å². The highest BCUT2D eigenvalue weighted by Gasteiger charge is 2.36.